The van der Waals surface area contributed by atoms with Gasteiger partial charge in [-0.3, -0.25) is 14.4 Å². The van der Waals surface area contributed by atoms with Crippen LogP contribution in [-0.4, -0.2) is 62.5 Å². The molecule has 10 nitrogen and oxygen atoms in total. The quantitative estimate of drug-likeness (QED) is 0.444. The van der Waals surface area contributed by atoms with Crippen molar-refractivity contribution >= 4 is 35.1 Å². The zero-order valence-electron chi connectivity index (χ0n) is 14.9. The fourth-order valence-electron chi connectivity index (χ4n) is 2.41. The van der Waals surface area contributed by atoms with Gasteiger partial charge in [0.05, 0.1) is 18.8 Å². The van der Waals surface area contributed by atoms with Gasteiger partial charge in [0.1, 0.15) is 12.4 Å². The van der Waals surface area contributed by atoms with Crippen molar-refractivity contribution in [1.29, 1.82) is 0 Å². The lowest BCUT2D eigenvalue weighted by atomic mass is 10.2. The summed E-state index contributed by atoms with van der Waals surface area (Å²) in [7, 11) is 0. The zero-order valence-corrected chi connectivity index (χ0v) is 14.9. The number of ether oxygens (including phenoxy) is 1. The first-order valence-electron chi connectivity index (χ1n) is 8.29. The number of benzene rings is 1. The van der Waals surface area contributed by atoms with Gasteiger partial charge in [-0.05, 0) is 18.2 Å². The van der Waals surface area contributed by atoms with Gasteiger partial charge in [-0.2, -0.15) is 0 Å². The van der Waals surface area contributed by atoms with E-state index in [0.717, 1.165) is 6.07 Å². The van der Waals surface area contributed by atoms with E-state index in [4.69, 9.17) is 10.5 Å². The van der Waals surface area contributed by atoms with Crippen molar-refractivity contribution in [3.63, 3.8) is 0 Å². The third kappa shape index (κ3) is 6.07. The van der Waals surface area contributed by atoms with Crippen LogP contribution >= 0.6 is 0 Å². The molecule has 158 valence electrons. The highest BCUT2D eigenvalue weighted by Gasteiger charge is 2.27. The van der Waals surface area contributed by atoms with Crippen LogP contribution in [0.1, 0.15) is 0 Å². The molecule has 1 aliphatic heterocycles. The van der Waals surface area contributed by atoms with Crippen LogP contribution in [0, 0.1) is 5.82 Å². The lowest BCUT2D eigenvalue weighted by Gasteiger charge is -2.27. The number of carbonyl (C=O) groups excluding carboxylic acids is 4. The van der Waals surface area contributed by atoms with E-state index in [1.54, 1.807) is 5.32 Å². The van der Waals surface area contributed by atoms with Crippen LogP contribution in [0.25, 0.3) is 0 Å². The number of anilines is 2. The fraction of sp³-hybridized carbons (Fsp3) is 0.375. The number of morpholine rings is 1. The van der Waals surface area contributed by atoms with Gasteiger partial charge in [0.25, 0.3) is 18.2 Å². The largest absolute Gasteiger partial charge is 0.370 e. The van der Waals surface area contributed by atoms with Crippen molar-refractivity contribution in [2.45, 2.75) is 12.5 Å². The van der Waals surface area contributed by atoms with Gasteiger partial charge in [-0.15, -0.1) is 0 Å². The third-order valence-electron chi connectivity index (χ3n) is 3.73. The number of carbonyl (C=O) groups is 4. The molecule has 13 heteroatoms. The Labute approximate surface area is 162 Å². The molecule has 1 aliphatic rings. The summed E-state index contributed by atoms with van der Waals surface area (Å²) in [5.41, 5.74) is 4.94. The molecule has 29 heavy (non-hydrogen) atoms. The number of alkyl halides is 2. The summed E-state index contributed by atoms with van der Waals surface area (Å²) < 4.78 is 43.5. The molecule has 5 amide bonds. The first-order valence-corrected chi connectivity index (χ1v) is 8.29. The van der Waals surface area contributed by atoms with Gasteiger partial charge in [0.2, 0.25) is 5.91 Å². The number of hydrogen-bond acceptors (Lipinski definition) is 5. The summed E-state index contributed by atoms with van der Waals surface area (Å²) in [6.45, 7) is -0.782. The molecule has 0 aliphatic carbocycles. The second kappa shape index (κ2) is 9.73. The van der Waals surface area contributed by atoms with Crippen LogP contribution in [-0.2, 0) is 19.1 Å². The maximum atomic E-state index is 14.4. The smallest absolute Gasteiger partial charge is 0.316 e. The van der Waals surface area contributed by atoms with Crippen molar-refractivity contribution in [2.24, 2.45) is 5.73 Å². The molecule has 1 aromatic carbocycles. The Hall–Kier alpha value is -3.35. The number of primary amides is 1. The Morgan fingerprint density at radius 3 is 2.59 bits per heavy atom. The maximum absolute atomic E-state index is 14.4. The van der Waals surface area contributed by atoms with E-state index < -0.39 is 48.6 Å². The third-order valence-corrected chi connectivity index (χ3v) is 3.73. The monoisotopic (exact) mass is 417 g/mol. The standard InChI is InChI=1S/C16H18F3N5O5/c17-9-5-8(1-2-10(9)24-3-4-29-7-12(24)25)22-15(27)13(14(20)26)23-16(28)21-6-11(18)19/h1-2,5,11,13H,3-4,6-7H2,(H2,20,26)(H,22,27)(H2,21,23,28)/t13-/m0/s1. The zero-order chi connectivity index (χ0) is 21.6. The summed E-state index contributed by atoms with van der Waals surface area (Å²) in [6.07, 6.45) is -2.83. The van der Waals surface area contributed by atoms with Gasteiger partial charge in [-0.1, -0.05) is 0 Å². The van der Waals surface area contributed by atoms with Crippen molar-refractivity contribution in [3.8, 4) is 0 Å². The fourth-order valence-corrected chi connectivity index (χ4v) is 2.41. The average Bonchev–Trinajstić information content (AvgIpc) is 2.65. The van der Waals surface area contributed by atoms with Crippen LogP contribution < -0.4 is 26.6 Å². The maximum Gasteiger partial charge on any atom is 0.316 e. The van der Waals surface area contributed by atoms with Crippen molar-refractivity contribution in [1.82, 2.24) is 10.6 Å². The van der Waals surface area contributed by atoms with Crippen molar-refractivity contribution in [2.75, 3.05) is 36.5 Å². The second-order valence-corrected chi connectivity index (χ2v) is 5.83. The van der Waals surface area contributed by atoms with Crippen LogP contribution in [0.2, 0.25) is 0 Å². The lowest BCUT2D eigenvalue weighted by Crippen LogP contribution is -2.54. The Morgan fingerprint density at radius 1 is 1.28 bits per heavy atom. The predicted molar refractivity (Wildman–Crippen MR) is 93.7 cm³/mol. The molecule has 0 bridgehead atoms. The Kier molecular flexibility index (Phi) is 7.36. The number of nitrogens with one attached hydrogen (secondary N) is 3. The molecule has 1 saturated heterocycles. The molecule has 1 atom stereocenters. The van der Waals surface area contributed by atoms with Gasteiger partial charge < -0.3 is 31.3 Å². The number of rotatable bonds is 7. The molecular weight excluding hydrogens is 399 g/mol. The van der Waals surface area contributed by atoms with Crippen molar-refractivity contribution < 1.29 is 37.1 Å². The Bertz CT molecular complexity index is 807. The molecule has 2 rings (SSSR count). The minimum Gasteiger partial charge on any atom is -0.370 e. The molecule has 0 unspecified atom stereocenters. The molecule has 0 saturated carbocycles. The minimum absolute atomic E-state index is 0.0211. The minimum atomic E-state index is -2.83. The number of nitrogens with zero attached hydrogens (tertiary/aromatic N) is 1. The number of halogens is 3. The van der Waals surface area contributed by atoms with Crippen LogP contribution in [0.5, 0.6) is 0 Å². The van der Waals surface area contributed by atoms with Gasteiger partial charge >= 0.3 is 6.03 Å². The molecule has 1 fully saturated rings. The highest BCUT2D eigenvalue weighted by atomic mass is 19.3. The summed E-state index contributed by atoms with van der Waals surface area (Å²) in [5.74, 6) is -3.62. The molecule has 0 spiro atoms. The van der Waals surface area contributed by atoms with Gasteiger partial charge in [0.15, 0.2) is 6.04 Å². The van der Waals surface area contributed by atoms with Gasteiger partial charge in [-0.25, -0.2) is 18.0 Å². The predicted octanol–water partition coefficient (Wildman–Crippen LogP) is -0.454. The summed E-state index contributed by atoms with van der Waals surface area (Å²) in [6, 6.07) is 0.322. The van der Waals surface area contributed by atoms with E-state index in [1.807, 2.05) is 5.32 Å². The first kappa shape index (κ1) is 21.9. The van der Waals surface area contributed by atoms with E-state index >= 15 is 0 Å². The number of urea groups is 1. The molecule has 1 heterocycles. The normalized spacial score (nSPS) is 15.0. The summed E-state index contributed by atoms with van der Waals surface area (Å²) in [4.78, 5) is 48.0. The van der Waals surface area contributed by atoms with Crippen LogP contribution in [0.15, 0.2) is 18.2 Å². The Balaban J connectivity index is 2.05. The highest BCUT2D eigenvalue weighted by molar-refractivity contribution is 6.11. The highest BCUT2D eigenvalue weighted by Crippen LogP contribution is 2.24. The SMILES string of the molecule is NC(=O)[C@H](NC(=O)NCC(F)F)C(=O)Nc1ccc(N2CCOCC2=O)c(F)c1. The molecular formula is C16H18F3N5O5. The first-order chi connectivity index (χ1) is 13.7. The molecule has 1 aromatic rings. The van der Waals surface area contributed by atoms with E-state index in [2.05, 4.69) is 5.32 Å². The van der Waals surface area contributed by atoms with Crippen LogP contribution in [0.3, 0.4) is 0 Å². The summed E-state index contributed by atoms with van der Waals surface area (Å²) >= 11 is 0. The Morgan fingerprint density at radius 2 is 2.00 bits per heavy atom. The number of hydrogen-bond donors (Lipinski definition) is 4. The topological polar surface area (TPSA) is 143 Å². The average molecular weight is 417 g/mol. The van der Waals surface area contributed by atoms with Crippen LogP contribution in [0.4, 0.5) is 29.3 Å². The second-order valence-electron chi connectivity index (χ2n) is 5.83. The van der Waals surface area contributed by atoms with Crippen molar-refractivity contribution in [3.05, 3.63) is 24.0 Å². The summed E-state index contributed by atoms with van der Waals surface area (Å²) in [5, 5.41) is 5.77. The van der Waals surface area contributed by atoms with E-state index in [-0.39, 0.29) is 31.1 Å². The van der Waals surface area contributed by atoms with Gasteiger partial charge in [0, 0.05) is 12.2 Å². The molecule has 0 radical (unpaired) electrons. The van der Waals surface area contributed by atoms with E-state index in [1.165, 1.54) is 17.0 Å². The van der Waals surface area contributed by atoms with E-state index in [9.17, 15) is 32.3 Å². The number of amides is 5. The molecule has 5 N–H and O–H groups in total. The van der Waals surface area contributed by atoms with E-state index in [0.29, 0.717) is 0 Å². The molecule has 0 aromatic heterocycles. The number of nitrogens with two attached hydrogens (primary N) is 1. The lowest BCUT2D eigenvalue weighted by molar-refractivity contribution is -0.128.